The maximum atomic E-state index is 11.2. The molecule has 17 heavy (non-hydrogen) atoms. The molecule has 0 radical (unpaired) electrons. The molecule has 0 bridgehead atoms. The standard InChI is InChI=1S/C12H11NO2S2/c1-7(14)9-3-4-10(16-9)11-5-6-12(17-11)13-8(2)15/h3-6H,1-2H3,(H,13,15). The van der Waals surface area contributed by atoms with Crippen molar-refractivity contribution in [2.45, 2.75) is 13.8 Å². The molecule has 0 spiro atoms. The van der Waals surface area contributed by atoms with Crippen LogP contribution < -0.4 is 5.32 Å². The molecule has 0 aliphatic carbocycles. The van der Waals surface area contributed by atoms with Gasteiger partial charge in [0.15, 0.2) is 5.78 Å². The smallest absolute Gasteiger partial charge is 0.221 e. The third-order valence-corrected chi connectivity index (χ3v) is 4.48. The summed E-state index contributed by atoms with van der Waals surface area (Å²) in [7, 11) is 0. The largest absolute Gasteiger partial charge is 0.318 e. The molecule has 1 amide bonds. The van der Waals surface area contributed by atoms with E-state index in [1.54, 1.807) is 6.92 Å². The molecule has 2 rings (SSSR count). The van der Waals surface area contributed by atoms with Gasteiger partial charge in [-0.25, -0.2) is 0 Å². The van der Waals surface area contributed by atoms with Gasteiger partial charge >= 0.3 is 0 Å². The van der Waals surface area contributed by atoms with Gasteiger partial charge in [-0.3, -0.25) is 9.59 Å². The number of anilines is 1. The SMILES string of the molecule is CC(=O)Nc1ccc(-c2ccc(C(C)=O)s2)s1. The second-order valence-electron chi connectivity index (χ2n) is 3.57. The number of carbonyl (C=O) groups is 2. The van der Waals surface area contributed by atoms with Crippen molar-refractivity contribution in [1.29, 1.82) is 0 Å². The highest BCUT2D eigenvalue weighted by Crippen LogP contribution is 2.35. The number of ketones is 1. The van der Waals surface area contributed by atoms with E-state index in [0.29, 0.717) is 0 Å². The summed E-state index contributed by atoms with van der Waals surface area (Å²) in [6, 6.07) is 7.59. The molecule has 3 nitrogen and oxygen atoms in total. The topological polar surface area (TPSA) is 46.2 Å². The van der Waals surface area contributed by atoms with Crippen molar-refractivity contribution in [3.05, 3.63) is 29.1 Å². The minimum absolute atomic E-state index is 0.0750. The Labute approximate surface area is 107 Å². The second kappa shape index (κ2) is 4.81. The first kappa shape index (κ1) is 12.0. The average Bonchev–Trinajstić information content (AvgIpc) is 2.83. The number of amides is 1. The van der Waals surface area contributed by atoms with Crippen LogP contribution in [0.25, 0.3) is 9.75 Å². The molecule has 0 aromatic carbocycles. The van der Waals surface area contributed by atoms with Crippen molar-refractivity contribution in [2.24, 2.45) is 0 Å². The van der Waals surface area contributed by atoms with Crippen LogP contribution in [0.4, 0.5) is 5.00 Å². The number of Topliss-reactive ketones (excluding diaryl/α,β-unsaturated/α-hetero) is 1. The summed E-state index contributed by atoms with van der Waals surface area (Å²) >= 11 is 2.98. The van der Waals surface area contributed by atoms with Gasteiger partial charge in [-0.2, -0.15) is 0 Å². The molecule has 2 aromatic heterocycles. The maximum absolute atomic E-state index is 11.2. The Morgan fingerprint density at radius 1 is 1.00 bits per heavy atom. The maximum Gasteiger partial charge on any atom is 0.221 e. The van der Waals surface area contributed by atoms with E-state index in [0.717, 1.165) is 19.6 Å². The van der Waals surface area contributed by atoms with E-state index in [4.69, 9.17) is 0 Å². The van der Waals surface area contributed by atoms with Crippen molar-refractivity contribution < 1.29 is 9.59 Å². The van der Waals surface area contributed by atoms with E-state index in [1.807, 2.05) is 24.3 Å². The van der Waals surface area contributed by atoms with Gasteiger partial charge < -0.3 is 5.32 Å². The lowest BCUT2D eigenvalue weighted by Gasteiger charge is -1.94. The van der Waals surface area contributed by atoms with Crippen LogP contribution in [0.3, 0.4) is 0 Å². The number of nitrogens with one attached hydrogen (secondary N) is 1. The number of hydrogen-bond donors (Lipinski definition) is 1. The molecule has 0 saturated heterocycles. The second-order valence-corrected chi connectivity index (χ2v) is 5.73. The number of thiophene rings is 2. The fourth-order valence-electron chi connectivity index (χ4n) is 1.37. The summed E-state index contributed by atoms with van der Waals surface area (Å²) in [5.41, 5.74) is 0. The predicted octanol–water partition coefficient (Wildman–Crippen LogP) is 3.64. The van der Waals surface area contributed by atoms with Crippen LogP contribution in [0.1, 0.15) is 23.5 Å². The fraction of sp³-hybridized carbons (Fsp3) is 0.167. The van der Waals surface area contributed by atoms with E-state index >= 15 is 0 Å². The van der Waals surface area contributed by atoms with Gasteiger partial charge in [0.1, 0.15) is 0 Å². The first-order chi connectivity index (χ1) is 8.06. The normalized spacial score (nSPS) is 10.2. The summed E-state index contributed by atoms with van der Waals surface area (Å²) in [5.74, 6) is 0.00824. The summed E-state index contributed by atoms with van der Waals surface area (Å²) in [6.45, 7) is 3.05. The molecule has 0 unspecified atom stereocenters. The lowest BCUT2D eigenvalue weighted by atomic mass is 10.3. The Kier molecular flexibility index (Phi) is 3.40. The first-order valence-corrected chi connectivity index (χ1v) is 6.68. The van der Waals surface area contributed by atoms with E-state index < -0.39 is 0 Å². The third-order valence-electron chi connectivity index (χ3n) is 2.10. The van der Waals surface area contributed by atoms with Crippen LogP contribution in [-0.4, -0.2) is 11.7 Å². The van der Waals surface area contributed by atoms with Crippen molar-refractivity contribution in [1.82, 2.24) is 0 Å². The highest BCUT2D eigenvalue weighted by Gasteiger charge is 2.08. The monoisotopic (exact) mass is 265 g/mol. The Balaban J connectivity index is 2.24. The fourth-order valence-corrected chi connectivity index (χ4v) is 3.31. The molecule has 2 heterocycles. The highest BCUT2D eigenvalue weighted by atomic mass is 32.1. The summed E-state index contributed by atoms with van der Waals surface area (Å²) in [5, 5.41) is 3.57. The molecule has 88 valence electrons. The summed E-state index contributed by atoms with van der Waals surface area (Å²) in [6.07, 6.45) is 0. The van der Waals surface area contributed by atoms with Crippen molar-refractivity contribution in [3.63, 3.8) is 0 Å². The van der Waals surface area contributed by atoms with Crippen LogP contribution in [0.5, 0.6) is 0 Å². The van der Waals surface area contributed by atoms with Gasteiger partial charge in [0, 0.05) is 16.7 Å². The first-order valence-electron chi connectivity index (χ1n) is 5.05. The molecule has 0 atom stereocenters. The number of hydrogen-bond acceptors (Lipinski definition) is 4. The van der Waals surface area contributed by atoms with Crippen LogP contribution in [0.15, 0.2) is 24.3 Å². The van der Waals surface area contributed by atoms with Crippen molar-refractivity contribution in [3.8, 4) is 9.75 Å². The van der Waals surface area contributed by atoms with Gasteiger partial charge in [0.25, 0.3) is 0 Å². The van der Waals surface area contributed by atoms with Gasteiger partial charge in [-0.15, -0.1) is 22.7 Å². The zero-order chi connectivity index (χ0) is 12.4. The summed E-state index contributed by atoms with van der Waals surface area (Å²) < 4.78 is 0. The van der Waals surface area contributed by atoms with Gasteiger partial charge in [0.2, 0.25) is 5.91 Å². The molecule has 0 fully saturated rings. The average molecular weight is 265 g/mol. The Morgan fingerprint density at radius 2 is 1.65 bits per heavy atom. The van der Waals surface area contributed by atoms with E-state index in [2.05, 4.69) is 5.32 Å². The Morgan fingerprint density at radius 3 is 2.24 bits per heavy atom. The predicted molar refractivity (Wildman–Crippen MR) is 71.9 cm³/mol. The van der Waals surface area contributed by atoms with Crippen LogP contribution >= 0.6 is 22.7 Å². The van der Waals surface area contributed by atoms with Gasteiger partial charge in [0.05, 0.1) is 9.88 Å². The molecule has 5 heteroatoms. The minimum atomic E-state index is -0.0750. The van der Waals surface area contributed by atoms with Crippen LogP contribution in [-0.2, 0) is 4.79 Å². The van der Waals surface area contributed by atoms with Crippen LogP contribution in [0, 0.1) is 0 Å². The van der Waals surface area contributed by atoms with Gasteiger partial charge in [-0.05, 0) is 31.2 Å². The van der Waals surface area contributed by atoms with E-state index in [9.17, 15) is 9.59 Å². The van der Waals surface area contributed by atoms with E-state index in [1.165, 1.54) is 29.6 Å². The van der Waals surface area contributed by atoms with Crippen molar-refractivity contribution >= 4 is 39.4 Å². The summed E-state index contributed by atoms with van der Waals surface area (Å²) in [4.78, 5) is 25.0. The van der Waals surface area contributed by atoms with Crippen LogP contribution in [0.2, 0.25) is 0 Å². The quantitative estimate of drug-likeness (QED) is 0.861. The molecular weight excluding hydrogens is 254 g/mol. The lowest BCUT2D eigenvalue weighted by Crippen LogP contribution is -2.03. The number of rotatable bonds is 3. The molecule has 0 aliphatic heterocycles. The molecule has 1 N–H and O–H groups in total. The Bertz CT molecular complexity index is 569. The molecule has 2 aromatic rings. The molecular formula is C12H11NO2S2. The molecule has 0 aliphatic rings. The zero-order valence-corrected chi connectivity index (χ0v) is 11.1. The lowest BCUT2D eigenvalue weighted by molar-refractivity contribution is -0.114. The highest BCUT2D eigenvalue weighted by molar-refractivity contribution is 7.25. The minimum Gasteiger partial charge on any atom is -0.318 e. The van der Waals surface area contributed by atoms with Gasteiger partial charge in [-0.1, -0.05) is 0 Å². The molecule has 0 saturated carbocycles. The third kappa shape index (κ3) is 2.81. The van der Waals surface area contributed by atoms with Crippen molar-refractivity contribution in [2.75, 3.05) is 5.32 Å². The zero-order valence-electron chi connectivity index (χ0n) is 9.44. The Hall–Kier alpha value is -1.46. The number of carbonyl (C=O) groups excluding carboxylic acids is 2. The van der Waals surface area contributed by atoms with E-state index in [-0.39, 0.29) is 11.7 Å².